The van der Waals surface area contributed by atoms with Gasteiger partial charge in [-0.05, 0) is 30.7 Å². The fourth-order valence-electron chi connectivity index (χ4n) is 3.12. The van der Waals surface area contributed by atoms with Gasteiger partial charge in [-0.15, -0.1) is 0 Å². The minimum absolute atomic E-state index is 0.148. The number of carbonyl (C=O) groups excluding carboxylic acids is 1. The average Bonchev–Trinajstić information content (AvgIpc) is 3.01. The SMILES string of the molecule is COCC(=O)Nn1ccc2c(cnc3c(-c4ccc(Cl)cc4)c(C)nn32)c1=O. The molecular weight excluding hydrogens is 382 g/mol. The van der Waals surface area contributed by atoms with E-state index in [1.54, 1.807) is 10.6 Å². The number of carbonyl (C=O) groups is 1. The first kappa shape index (κ1) is 18.1. The van der Waals surface area contributed by atoms with Gasteiger partial charge in [-0.25, -0.2) is 14.2 Å². The van der Waals surface area contributed by atoms with Gasteiger partial charge in [0.15, 0.2) is 5.65 Å². The van der Waals surface area contributed by atoms with Crippen molar-refractivity contribution in [2.75, 3.05) is 19.1 Å². The normalized spacial score (nSPS) is 11.2. The highest BCUT2D eigenvalue weighted by Gasteiger charge is 2.16. The number of methoxy groups -OCH3 is 1. The second-order valence-electron chi connectivity index (χ2n) is 6.22. The van der Waals surface area contributed by atoms with Gasteiger partial charge in [-0.1, -0.05) is 23.7 Å². The number of hydrogen-bond acceptors (Lipinski definition) is 5. The summed E-state index contributed by atoms with van der Waals surface area (Å²) in [6, 6.07) is 9.13. The van der Waals surface area contributed by atoms with E-state index in [1.165, 1.54) is 19.5 Å². The van der Waals surface area contributed by atoms with E-state index >= 15 is 0 Å². The van der Waals surface area contributed by atoms with Gasteiger partial charge in [0.05, 0.1) is 16.6 Å². The van der Waals surface area contributed by atoms with Crippen LogP contribution in [0.5, 0.6) is 0 Å². The number of halogens is 1. The van der Waals surface area contributed by atoms with Gasteiger partial charge in [0.1, 0.15) is 6.61 Å². The molecule has 1 N–H and O–H groups in total. The van der Waals surface area contributed by atoms with Gasteiger partial charge in [-0.3, -0.25) is 15.0 Å². The van der Waals surface area contributed by atoms with Crippen molar-refractivity contribution in [2.24, 2.45) is 0 Å². The first-order chi connectivity index (χ1) is 13.5. The summed E-state index contributed by atoms with van der Waals surface area (Å²) in [6.45, 7) is 1.74. The number of pyridine rings is 1. The molecule has 0 atom stereocenters. The summed E-state index contributed by atoms with van der Waals surface area (Å²) in [4.78, 5) is 28.9. The molecule has 28 heavy (non-hydrogen) atoms. The third-order valence-electron chi connectivity index (χ3n) is 4.34. The lowest BCUT2D eigenvalue weighted by Crippen LogP contribution is -2.34. The number of rotatable bonds is 4. The minimum atomic E-state index is -0.432. The average molecular weight is 398 g/mol. The number of hydrogen-bond donors (Lipinski definition) is 1. The van der Waals surface area contributed by atoms with Crippen LogP contribution in [0, 0.1) is 6.92 Å². The van der Waals surface area contributed by atoms with Crippen LogP contribution in [0.15, 0.2) is 47.5 Å². The number of nitrogens with zero attached hydrogens (tertiary/aromatic N) is 4. The molecule has 8 nitrogen and oxygen atoms in total. The first-order valence-electron chi connectivity index (χ1n) is 8.44. The Morgan fingerprint density at radius 3 is 2.71 bits per heavy atom. The summed E-state index contributed by atoms with van der Waals surface area (Å²) in [5, 5.41) is 5.54. The van der Waals surface area contributed by atoms with E-state index in [9.17, 15) is 9.59 Å². The smallest absolute Gasteiger partial charge is 0.280 e. The van der Waals surface area contributed by atoms with Crippen molar-refractivity contribution in [3.8, 4) is 11.1 Å². The van der Waals surface area contributed by atoms with Crippen molar-refractivity contribution in [1.82, 2.24) is 19.3 Å². The predicted octanol–water partition coefficient (Wildman–Crippen LogP) is 2.39. The molecule has 0 saturated heterocycles. The molecule has 1 aromatic carbocycles. The lowest BCUT2D eigenvalue weighted by molar-refractivity contribution is -0.120. The zero-order chi connectivity index (χ0) is 19.8. The van der Waals surface area contributed by atoms with Crippen LogP contribution in [0.3, 0.4) is 0 Å². The lowest BCUT2D eigenvalue weighted by atomic mass is 10.1. The third kappa shape index (κ3) is 3.02. The molecule has 0 fully saturated rings. The summed E-state index contributed by atoms with van der Waals surface area (Å²) in [7, 11) is 1.40. The second kappa shape index (κ2) is 7.06. The van der Waals surface area contributed by atoms with Crippen molar-refractivity contribution in [3.63, 3.8) is 0 Å². The molecule has 0 saturated carbocycles. The van der Waals surface area contributed by atoms with Gasteiger partial charge in [0.25, 0.3) is 11.5 Å². The van der Waals surface area contributed by atoms with Crippen LogP contribution < -0.4 is 11.0 Å². The molecule has 3 aromatic heterocycles. The van der Waals surface area contributed by atoms with Gasteiger partial charge >= 0.3 is 0 Å². The molecular formula is C19H16ClN5O3. The largest absolute Gasteiger partial charge is 0.375 e. The summed E-state index contributed by atoms with van der Waals surface area (Å²) in [5.74, 6) is -0.432. The second-order valence-corrected chi connectivity index (χ2v) is 6.66. The van der Waals surface area contributed by atoms with E-state index in [4.69, 9.17) is 16.3 Å². The Morgan fingerprint density at radius 2 is 2.00 bits per heavy atom. The highest BCUT2D eigenvalue weighted by molar-refractivity contribution is 6.30. The van der Waals surface area contributed by atoms with Crippen LogP contribution in [0.25, 0.3) is 27.7 Å². The quantitative estimate of drug-likeness (QED) is 0.571. The molecule has 3 heterocycles. The maximum atomic E-state index is 12.7. The van der Waals surface area contributed by atoms with Gasteiger partial charge in [0, 0.05) is 30.1 Å². The summed E-state index contributed by atoms with van der Waals surface area (Å²) >= 11 is 5.99. The first-order valence-corrected chi connectivity index (χ1v) is 8.82. The monoisotopic (exact) mass is 397 g/mol. The Hall–Kier alpha value is -3.23. The van der Waals surface area contributed by atoms with Crippen molar-refractivity contribution < 1.29 is 9.53 Å². The highest BCUT2D eigenvalue weighted by atomic mass is 35.5. The van der Waals surface area contributed by atoms with Crippen molar-refractivity contribution in [1.29, 1.82) is 0 Å². The zero-order valence-corrected chi connectivity index (χ0v) is 15.9. The molecule has 142 valence electrons. The van der Waals surface area contributed by atoms with Crippen molar-refractivity contribution in [3.05, 3.63) is 63.8 Å². The van der Waals surface area contributed by atoms with Crippen LogP contribution in [0.4, 0.5) is 0 Å². The van der Waals surface area contributed by atoms with Crippen molar-refractivity contribution >= 4 is 34.1 Å². The minimum Gasteiger partial charge on any atom is -0.375 e. The molecule has 0 radical (unpaired) electrons. The molecule has 0 aliphatic carbocycles. The van der Waals surface area contributed by atoms with Crippen LogP contribution in [0.1, 0.15) is 5.69 Å². The molecule has 0 aliphatic heterocycles. The number of fused-ring (bicyclic) bond motifs is 3. The Kier molecular flexibility index (Phi) is 4.58. The molecule has 9 heteroatoms. The molecule has 0 bridgehead atoms. The Bertz CT molecular complexity index is 1260. The summed E-state index contributed by atoms with van der Waals surface area (Å²) in [6.07, 6.45) is 2.98. The molecule has 0 spiro atoms. The molecule has 4 rings (SSSR count). The van der Waals surface area contributed by atoms with E-state index in [0.29, 0.717) is 21.6 Å². The fourth-order valence-corrected chi connectivity index (χ4v) is 3.24. The van der Waals surface area contributed by atoms with E-state index in [1.807, 2.05) is 31.2 Å². The van der Waals surface area contributed by atoms with E-state index in [2.05, 4.69) is 15.5 Å². The third-order valence-corrected chi connectivity index (χ3v) is 4.59. The number of amides is 1. The highest BCUT2D eigenvalue weighted by Crippen LogP contribution is 2.29. The topological polar surface area (TPSA) is 90.5 Å². The molecule has 1 amide bonds. The van der Waals surface area contributed by atoms with Crippen LogP contribution >= 0.6 is 11.6 Å². The number of aromatic nitrogens is 4. The van der Waals surface area contributed by atoms with E-state index in [0.717, 1.165) is 21.5 Å². The van der Waals surface area contributed by atoms with E-state index in [-0.39, 0.29) is 6.61 Å². The van der Waals surface area contributed by atoms with Crippen LogP contribution in [-0.2, 0) is 9.53 Å². The Labute approximate surface area is 164 Å². The van der Waals surface area contributed by atoms with Gasteiger partial charge in [0.2, 0.25) is 0 Å². The number of aryl methyl sites for hydroxylation is 1. The van der Waals surface area contributed by atoms with Crippen molar-refractivity contribution in [2.45, 2.75) is 6.92 Å². The molecule has 4 aromatic rings. The maximum Gasteiger partial charge on any atom is 0.280 e. The van der Waals surface area contributed by atoms with Gasteiger partial charge in [-0.2, -0.15) is 5.10 Å². The number of benzene rings is 1. The lowest BCUT2D eigenvalue weighted by Gasteiger charge is -2.09. The zero-order valence-electron chi connectivity index (χ0n) is 15.1. The maximum absolute atomic E-state index is 12.7. The fraction of sp³-hybridized carbons (Fsp3) is 0.158. The van der Waals surface area contributed by atoms with Crippen LogP contribution in [0.2, 0.25) is 5.02 Å². The number of ether oxygens (including phenoxy) is 1. The Morgan fingerprint density at radius 1 is 1.25 bits per heavy atom. The predicted molar refractivity (Wildman–Crippen MR) is 106 cm³/mol. The molecule has 0 aliphatic rings. The van der Waals surface area contributed by atoms with Crippen LogP contribution in [-0.4, -0.2) is 38.9 Å². The van der Waals surface area contributed by atoms with Gasteiger partial charge < -0.3 is 4.74 Å². The summed E-state index contributed by atoms with van der Waals surface area (Å²) in [5.41, 5.74) is 5.87. The summed E-state index contributed by atoms with van der Waals surface area (Å²) < 4.78 is 7.51. The standard InChI is InChI=1S/C19H16ClN5O3/c1-11-17(12-3-5-13(20)6-4-12)18-21-9-14-15(25(18)22-11)7-8-24(19(14)27)23-16(26)10-28-2/h3-9H,10H2,1-2H3,(H,23,26). The Balaban J connectivity index is 1.88. The van der Waals surface area contributed by atoms with E-state index < -0.39 is 11.5 Å². The number of nitrogens with one attached hydrogen (secondary N) is 1. The molecule has 0 unspecified atom stereocenters.